The maximum absolute atomic E-state index is 6.36. The fraction of sp³-hybridized carbons (Fsp3) is 0.0196. The van der Waals surface area contributed by atoms with Crippen LogP contribution in [0.15, 0.2) is 182 Å². The summed E-state index contributed by atoms with van der Waals surface area (Å²) in [6.07, 6.45) is 0. The lowest BCUT2D eigenvalue weighted by molar-refractivity contribution is 0.487. The van der Waals surface area contributed by atoms with Crippen LogP contribution in [0.25, 0.3) is 77.2 Å². The van der Waals surface area contributed by atoms with E-state index in [9.17, 15) is 0 Å². The topological polar surface area (TPSA) is 9.23 Å². The van der Waals surface area contributed by atoms with Gasteiger partial charge in [0.2, 0.25) is 0 Å². The molecule has 1 heteroatoms. The zero-order valence-electron chi connectivity index (χ0n) is 28.2. The molecular formula is C51H30O. The molecule has 0 fully saturated rings. The lowest BCUT2D eigenvalue weighted by atomic mass is 9.70. The predicted octanol–water partition coefficient (Wildman–Crippen LogP) is 13.4. The minimum atomic E-state index is -0.365. The van der Waals surface area contributed by atoms with Crippen LogP contribution in [0.1, 0.15) is 22.3 Å². The van der Waals surface area contributed by atoms with Crippen LogP contribution < -0.4 is 4.74 Å². The largest absolute Gasteiger partial charge is 0.456 e. The fourth-order valence-electron chi connectivity index (χ4n) is 9.81. The van der Waals surface area contributed by atoms with Crippen LogP contribution in [0, 0.1) is 0 Å². The minimum Gasteiger partial charge on any atom is -0.456 e. The van der Waals surface area contributed by atoms with Crippen LogP contribution in [0.4, 0.5) is 0 Å². The molecule has 0 saturated carbocycles. The zero-order chi connectivity index (χ0) is 34.0. The molecule has 1 heterocycles. The Bertz CT molecular complexity index is 2940. The van der Waals surface area contributed by atoms with E-state index < -0.39 is 0 Å². The van der Waals surface area contributed by atoms with Gasteiger partial charge in [-0.25, -0.2) is 0 Å². The van der Waals surface area contributed by atoms with E-state index in [0.29, 0.717) is 0 Å². The third-order valence-electron chi connectivity index (χ3n) is 11.9. The maximum Gasteiger partial charge on any atom is 0.135 e. The van der Waals surface area contributed by atoms with Gasteiger partial charge in [0.1, 0.15) is 11.5 Å². The summed E-state index contributed by atoms with van der Waals surface area (Å²) in [6.45, 7) is 0. The van der Waals surface area contributed by atoms with Crippen LogP contribution in [-0.2, 0) is 5.41 Å². The molecule has 9 aromatic rings. The molecule has 0 unspecified atom stereocenters. The summed E-state index contributed by atoms with van der Waals surface area (Å²) in [4.78, 5) is 0. The van der Waals surface area contributed by atoms with Crippen LogP contribution >= 0.6 is 0 Å². The van der Waals surface area contributed by atoms with E-state index in [0.717, 1.165) is 17.1 Å². The molecule has 0 bridgehead atoms. The summed E-state index contributed by atoms with van der Waals surface area (Å²) in [5, 5.41) is 4.86. The highest BCUT2D eigenvalue weighted by Crippen LogP contribution is 2.63. The molecule has 0 N–H and O–H groups in total. The third-order valence-corrected chi connectivity index (χ3v) is 11.9. The third kappa shape index (κ3) is 3.52. The smallest absolute Gasteiger partial charge is 0.135 e. The molecule has 2 aliphatic carbocycles. The molecule has 3 aliphatic rings. The van der Waals surface area contributed by atoms with Crippen LogP contribution in [-0.4, -0.2) is 0 Å². The average molecular weight is 659 g/mol. The monoisotopic (exact) mass is 658 g/mol. The van der Waals surface area contributed by atoms with Crippen molar-refractivity contribution in [2.75, 3.05) is 0 Å². The Labute approximate surface area is 302 Å². The first-order valence-corrected chi connectivity index (χ1v) is 18.1. The second-order valence-corrected chi connectivity index (χ2v) is 14.3. The number of benzene rings is 9. The summed E-state index contributed by atoms with van der Waals surface area (Å²) in [5.41, 5.74) is 17.7. The van der Waals surface area contributed by atoms with E-state index in [-0.39, 0.29) is 5.41 Å². The van der Waals surface area contributed by atoms with E-state index in [1.165, 1.54) is 93.9 Å². The molecule has 0 aromatic heterocycles. The molecule has 1 spiro atoms. The van der Waals surface area contributed by atoms with Crippen molar-refractivity contribution in [2.45, 2.75) is 5.41 Å². The molecule has 240 valence electrons. The van der Waals surface area contributed by atoms with Crippen LogP contribution in [0.2, 0.25) is 0 Å². The molecule has 0 amide bonds. The molecule has 52 heavy (non-hydrogen) atoms. The molecule has 1 nitrogen and oxygen atoms in total. The van der Waals surface area contributed by atoms with Gasteiger partial charge in [-0.15, -0.1) is 0 Å². The van der Waals surface area contributed by atoms with Crippen LogP contribution in [0.5, 0.6) is 11.5 Å². The first kappa shape index (κ1) is 28.0. The molecule has 0 atom stereocenters. The molecule has 0 radical (unpaired) electrons. The van der Waals surface area contributed by atoms with E-state index in [1.807, 2.05) is 6.07 Å². The Morgan fingerprint density at radius 2 is 0.827 bits per heavy atom. The summed E-state index contributed by atoms with van der Waals surface area (Å²) in [6, 6.07) is 67.3. The molecule has 1 aliphatic heterocycles. The highest BCUT2D eigenvalue weighted by Gasteiger charge is 2.51. The van der Waals surface area contributed by atoms with Gasteiger partial charge in [-0.3, -0.25) is 0 Å². The number of para-hydroxylation sites is 1. The SMILES string of the molecule is c1ccc2c(c1)Oc1cccc3cc(-c4ccc(-c5ccc6c(c5)C5(c7ccccc7-c7ccccc75)c5ccccc5-6)c5ccccc45)cc-2c13. The van der Waals surface area contributed by atoms with E-state index in [1.54, 1.807) is 0 Å². The zero-order valence-corrected chi connectivity index (χ0v) is 28.2. The van der Waals surface area contributed by atoms with Crippen molar-refractivity contribution in [1.29, 1.82) is 0 Å². The van der Waals surface area contributed by atoms with Gasteiger partial charge in [0.15, 0.2) is 0 Å². The normalized spacial score (nSPS) is 13.7. The molecule has 9 aromatic carbocycles. The number of ether oxygens (including phenoxy) is 1. The standard InChI is InChI=1S/C51H30O/c1-2-14-37-35(33-28-32-12-11-23-49-50(32)43(29-33)42-18-6-10-22-48(42)52-49)27-26-34(36(37)13-1)31-24-25-41-40-17-5-9-21-46(40)51(47(41)30-31)44-19-7-3-15-38(44)39-16-4-8-20-45(39)51/h1-30H. The van der Waals surface area contributed by atoms with Gasteiger partial charge in [-0.2, -0.15) is 0 Å². The van der Waals surface area contributed by atoms with Crippen LogP contribution in [0.3, 0.4) is 0 Å². The van der Waals surface area contributed by atoms with Gasteiger partial charge < -0.3 is 4.74 Å². The van der Waals surface area contributed by atoms with Gasteiger partial charge in [0.25, 0.3) is 0 Å². The summed E-state index contributed by atoms with van der Waals surface area (Å²) in [5.74, 6) is 1.82. The summed E-state index contributed by atoms with van der Waals surface area (Å²) < 4.78 is 6.36. The first-order valence-electron chi connectivity index (χ1n) is 18.1. The number of rotatable bonds is 2. The summed E-state index contributed by atoms with van der Waals surface area (Å²) in [7, 11) is 0. The van der Waals surface area contributed by atoms with Gasteiger partial charge >= 0.3 is 0 Å². The van der Waals surface area contributed by atoms with Crippen molar-refractivity contribution in [2.24, 2.45) is 0 Å². The number of hydrogen-bond donors (Lipinski definition) is 0. The Hall–Kier alpha value is -6.70. The second kappa shape index (κ2) is 10.2. The van der Waals surface area contributed by atoms with E-state index in [2.05, 4.69) is 176 Å². The number of hydrogen-bond acceptors (Lipinski definition) is 1. The lowest BCUT2D eigenvalue weighted by Gasteiger charge is -2.30. The Morgan fingerprint density at radius 3 is 1.50 bits per heavy atom. The maximum atomic E-state index is 6.36. The van der Waals surface area contributed by atoms with Crippen molar-refractivity contribution < 1.29 is 4.74 Å². The molecule has 0 saturated heterocycles. The fourth-order valence-corrected chi connectivity index (χ4v) is 9.81. The second-order valence-electron chi connectivity index (χ2n) is 14.3. The van der Waals surface area contributed by atoms with Crippen molar-refractivity contribution in [1.82, 2.24) is 0 Å². The highest BCUT2D eigenvalue weighted by molar-refractivity contribution is 6.10. The van der Waals surface area contributed by atoms with Crippen molar-refractivity contribution >= 4 is 21.5 Å². The molecule has 12 rings (SSSR count). The minimum absolute atomic E-state index is 0.365. The average Bonchev–Trinajstić information content (AvgIpc) is 3.67. The Kier molecular flexibility index (Phi) is 5.49. The quantitative estimate of drug-likeness (QED) is 0.180. The highest BCUT2D eigenvalue weighted by atomic mass is 16.5. The first-order chi connectivity index (χ1) is 25.8. The Balaban J connectivity index is 1.08. The Morgan fingerprint density at radius 1 is 0.308 bits per heavy atom. The van der Waals surface area contributed by atoms with Crippen molar-refractivity contribution in [3.8, 4) is 67.1 Å². The number of fused-ring (bicyclic) bond motifs is 13. The van der Waals surface area contributed by atoms with Gasteiger partial charge in [0, 0.05) is 10.9 Å². The molecular weight excluding hydrogens is 629 g/mol. The predicted molar refractivity (Wildman–Crippen MR) is 214 cm³/mol. The van der Waals surface area contributed by atoms with Gasteiger partial charge in [0.05, 0.1) is 5.41 Å². The van der Waals surface area contributed by atoms with Gasteiger partial charge in [-0.05, 0) is 119 Å². The lowest BCUT2D eigenvalue weighted by Crippen LogP contribution is -2.25. The van der Waals surface area contributed by atoms with Gasteiger partial charge in [-0.1, -0.05) is 152 Å². The van der Waals surface area contributed by atoms with E-state index >= 15 is 0 Å². The summed E-state index contributed by atoms with van der Waals surface area (Å²) >= 11 is 0. The van der Waals surface area contributed by atoms with E-state index in [4.69, 9.17) is 4.74 Å². The van der Waals surface area contributed by atoms with Crippen molar-refractivity contribution in [3.63, 3.8) is 0 Å². The van der Waals surface area contributed by atoms with Crippen molar-refractivity contribution in [3.05, 3.63) is 204 Å².